The lowest BCUT2D eigenvalue weighted by atomic mass is 10.1. The highest BCUT2D eigenvalue weighted by Crippen LogP contribution is 2.27. The molecule has 2 unspecified atom stereocenters. The lowest BCUT2D eigenvalue weighted by Gasteiger charge is -2.40. The van der Waals surface area contributed by atoms with Gasteiger partial charge in [-0.3, -0.25) is 9.69 Å². The second-order valence-corrected chi connectivity index (χ2v) is 7.09. The van der Waals surface area contributed by atoms with E-state index in [-0.39, 0.29) is 11.3 Å². The Kier molecular flexibility index (Phi) is 4.80. The summed E-state index contributed by atoms with van der Waals surface area (Å²) in [6, 6.07) is 19.9. The fourth-order valence-electron chi connectivity index (χ4n) is 2.66. The van der Waals surface area contributed by atoms with Crippen LogP contribution in [0.3, 0.4) is 0 Å². The highest BCUT2D eigenvalue weighted by molar-refractivity contribution is 7.91. The molecule has 4 heteroatoms. The Balaban J connectivity index is 1.56. The minimum Gasteiger partial charge on any atom is -0.614 e. The minimum atomic E-state index is -1.03. The van der Waals surface area contributed by atoms with Gasteiger partial charge >= 0.3 is 0 Å². The van der Waals surface area contributed by atoms with Crippen LogP contribution in [-0.2, 0) is 28.1 Å². The van der Waals surface area contributed by atoms with E-state index in [0.717, 1.165) is 12.0 Å². The highest BCUT2D eigenvalue weighted by Gasteiger charge is 2.43. The summed E-state index contributed by atoms with van der Waals surface area (Å²) < 4.78 is 12.5. The maximum Gasteiger partial charge on any atom is 0.233 e. The van der Waals surface area contributed by atoms with E-state index >= 15 is 0 Å². The highest BCUT2D eigenvalue weighted by atomic mass is 32.2. The summed E-state index contributed by atoms with van der Waals surface area (Å²) in [6.45, 7) is 0.647. The van der Waals surface area contributed by atoms with Crippen molar-refractivity contribution in [3.05, 3.63) is 71.8 Å². The number of carbonyl (C=O) groups excluding carboxylic acids is 1. The van der Waals surface area contributed by atoms with Crippen LogP contribution >= 0.6 is 0 Å². The first-order valence-electron chi connectivity index (χ1n) is 7.48. The van der Waals surface area contributed by atoms with E-state index in [1.165, 1.54) is 5.56 Å². The first-order chi connectivity index (χ1) is 10.7. The summed E-state index contributed by atoms with van der Waals surface area (Å²) in [5, 5.41) is -0.128. The molecule has 1 amide bonds. The van der Waals surface area contributed by atoms with E-state index in [1.807, 2.05) is 48.5 Å². The quantitative estimate of drug-likeness (QED) is 0.608. The van der Waals surface area contributed by atoms with Gasteiger partial charge in [0.25, 0.3) is 0 Å². The van der Waals surface area contributed by atoms with E-state index in [2.05, 4.69) is 12.1 Å². The zero-order chi connectivity index (χ0) is 15.4. The monoisotopic (exact) mass is 313 g/mol. The largest absolute Gasteiger partial charge is 0.614 e. The number of carbonyl (C=O) groups is 1. The second kappa shape index (κ2) is 6.99. The summed E-state index contributed by atoms with van der Waals surface area (Å²) in [7, 11) is 0. The van der Waals surface area contributed by atoms with E-state index in [4.69, 9.17) is 0 Å². The number of hydrogen-bond donors (Lipinski definition) is 0. The molecule has 1 aliphatic rings. The van der Waals surface area contributed by atoms with Gasteiger partial charge in [-0.25, -0.2) is 0 Å². The van der Waals surface area contributed by atoms with E-state index in [9.17, 15) is 9.35 Å². The predicted octanol–water partition coefficient (Wildman–Crippen LogP) is 2.74. The molecule has 0 radical (unpaired) electrons. The lowest BCUT2D eigenvalue weighted by Crippen LogP contribution is -2.57. The first-order valence-corrected chi connectivity index (χ1v) is 8.87. The number of likely N-dealkylation sites (tertiary alicyclic amines) is 1. The van der Waals surface area contributed by atoms with E-state index < -0.39 is 11.2 Å². The molecule has 2 aromatic rings. The molecule has 0 saturated carbocycles. The number of hydrogen-bond acceptors (Lipinski definition) is 2. The number of benzene rings is 2. The summed E-state index contributed by atoms with van der Waals surface area (Å²) in [6.07, 6.45) is 1.22. The maximum atomic E-state index is 12.5. The van der Waals surface area contributed by atoms with Crippen LogP contribution in [0.1, 0.15) is 17.5 Å². The molecule has 1 aliphatic heterocycles. The Bertz CT molecular complexity index is 617. The van der Waals surface area contributed by atoms with Crippen molar-refractivity contribution in [1.82, 2.24) is 4.90 Å². The topological polar surface area (TPSA) is 43.4 Å². The van der Waals surface area contributed by atoms with Crippen LogP contribution in [0.2, 0.25) is 0 Å². The second-order valence-electron chi connectivity index (χ2n) is 5.49. The third kappa shape index (κ3) is 3.51. The fourth-order valence-corrected chi connectivity index (χ4v) is 4.21. The van der Waals surface area contributed by atoms with Gasteiger partial charge in [0, 0.05) is 12.1 Å². The third-order valence-electron chi connectivity index (χ3n) is 3.96. The van der Waals surface area contributed by atoms with Crippen molar-refractivity contribution in [3.8, 4) is 0 Å². The van der Waals surface area contributed by atoms with Gasteiger partial charge < -0.3 is 4.55 Å². The zero-order valence-corrected chi connectivity index (χ0v) is 13.2. The number of rotatable bonds is 6. The van der Waals surface area contributed by atoms with Crippen LogP contribution in [0, 0.1) is 0 Å². The standard InChI is InChI=1S/C18H19NO2S/c20-17-13-18(22(21)14-16-9-5-2-6-10-16)19(17)12-11-15-7-3-1-4-8-15/h1-10,18H,11-14H2. The Labute approximate surface area is 134 Å². The molecule has 1 heterocycles. The van der Waals surface area contributed by atoms with Gasteiger partial charge in [-0.2, -0.15) is 0 Å². The van der Waals surface area contributed by atoms with Gasteiger partial charge in [0.15, 0.2) is 5.37 Å². The van der Waals surface area contributed by atoms with Crippen molar-refractivity contribution in [3.63, 3.8) is 0 Å². The molecule has 0 bridgehead atoms. The van der Waals surface area contributed by atoms with Crippen molar-refractivity contribution in [2.45, 2.75) is 24.0 Å². The Morgan fingerprint density at radius 3 is 2.18 bits per heavy atom. The van der Waals surface area contributed by atoms with E-state index in [0.29, 0.717) is 18.7 Å². The summed E-state index contributed by atoms with van der Waals surface area (Å²) in [5.74, 6) is 0.628. The molecular formula is C18H19NO2S. The number of β-lactam (4-membered cyclic amide) rings is 1. The van der Waals surface area contributed by atoms with Crippen molar-refractivity contribution < 1.29 is 9.35 Å². The molecular weight excluding hydrogens is 294 g/mol. The molecule has 0 aliphatic carbocycles. The predicted molar refractivity (Wildman–Crippen MR) is 88.6 cm³/mol. The van der Waals surface area contributed by atoms with E-state index in [1.54, 1.807) is 4.90 Å². The van der Waals surface area contributed by atoms with Crippen LogP contribution in [0.4, 0.5) is 0 Å². The zero-order valence-electron chi connectivity index (χ0n) is 12.4. The molecule has 22 heavy (non-hydrogen) atoms. The summed E-state index contributed by atoms with van der Waals surface area (Å²) in [5.41, 5.74) is 2.26. The smallest absolute Gasteiger partial charge is 0.233 e. The molecule has 2 atom stereocenters. The fraction of sp³-hybridized carbons (Fsp3) is 0.278. The first kappa shape index (κ1) is 15.1. The molecule has 0 aromatic heterocycles. The van der Waals surface area contributed by atoms with Crippen LogP contribution < -0.4 is 0 Å². The van der Waals surface area contributed by atoms with Gasteiger partial charge in [-0.15, -0.1) is 0 Å². The average molecular weight is 313 g/mol. The van der Waals surface area contributed by atoms with Gasteiger partial charge in [-0.1, -0.05) is 60.7 Å². The van der Waals surface area contributed by atoms with Crippen molar-refractivity contribution >= 4 is 17.1 Å². The van der Waals surface area contributed by atoms with Crippen molar-refractivity contribution in [2.24, 2.45) is 0 Å². The molecule has 0 N–H and O–H groups in total. The Morgan fingerprint density at radius 2 is 1.59 bits per heavy atom. The van der Waals surface area contributed by atoms with Crippen molar-refractivity contribution in [2.75, 3.05) is 6.54 Å². The summed E-state index contributed by atoms with van der Waals surface area (Å²) >= 11 is -1.03. The third-order valence-corrected chi connectivity index (χ3v) is 5.60. The molecule has 2 aromatic carbocycles. The molecule has 3 nitrogen and oxygen atoms in total. The number of nitrogens with zero attached hydrogens (tertiary/aromatic N) is 1. The molecule has 3 rings (SSSR count). The van der Waals surface area contributed by atoms with Gasteiger partial charge in [-0.05, 0) is 23.2 Å². The SMILES string of the molecule is O=C1CC([S+]([O-])Cc2ccccc2)N1CCc1ccccc1. The molecule has 1 saturated heterocycles. The maximum absolute atomic E-state index is 12.5. The Hall–Kier alpha value is -1.78. The number of amides is 1. The summed E-state index contributed by atoms with van der Waals surface area (Å²) in [4.78, 5) is 13.6. The van der Waals surface area contributed by atoms with Crippen LogP contribution in [-0.4, -0.2) is 27.3 Å². The average Bonchev–Trinajstić information content (AvgIpc) is 2.54. The van der Waals surface area contributed by atoms with Crippen LogP contribution in [0.5, 0.6) is 0 Å². The Morgan fingerprint density at radius 1 is 1.00 bits per heavy atom. The normalized spacial score (nSPS) is 18.9. The van der Waals surface area contributed by atoms with Crippen LogP contribution in [0.15, 0.2) is 60.7 Å². The molecule has 114 valence electrons. The van der Waals surface area contributed by atoms with Gasteiger partial charge in [0.05, 0.1) is 6.42 Å². The lowest BCUT2D eigenvalue weighted by molar-refractivity contribution is -0.141. The molecule has 0 spiro atoms. The minimum absolute atomic E-state index is 0.113. The van der Waals surface area contributed by atoms with Crippen molar-refractivity contribution in [1.29, 1.82) is 0 Å². The molecule has 1 fully saturated rings. The van der Waals surface area contributed by atoms with Gasteiger partial charge in [0.2, 0.25) is 5.91 Å². The van der Waals surface area contributed by atoms with Crippen LogP contribution in [0.25, 0.3) is 0 Å². The van der Waals surface area contributed by atoms with Gasteiger partial charge in [0.1, 0.15) is 5.75 Å².